The van der Waals surface area contributed by atoms with E-state index >= 15 is 0 Å². The summed E-state index contributed by atoms with van der Waals surface area (Å²) >= 11 is 0. The molecule has 150 valence electrons. The number of esters is 1. The molecule has 0 radical (unpaired) electrons. The van der Waals surface area contributed by atoms with Crippen molar-refractivity contribution in [1.82, 2.24) is 9.55 Å². The number of aromatic nitrogens is 2. The van der Waals surface area contributed by atoms with E-state index in [0.29, 0.717) is 18.5 Å². The van der Waals surface area contributed by atoms with E-state index in [9.17, 15) is 9.59 Å². The van der Waals surface area contributed by atoms with E-state index < -0.39 is 5.41 Å². The Labute approximate surface area is 170 Å². The number of carbonyl (C=O) groups is 1. The van der Waals surface area contributed by atoms with Crippen LogP contribution in [0.25, 0.3) is 22.3 Å². The zero-order chi connectivity index (χ0) is 20.9. The first-order valence-electron chi connectivity index (χ1n) is 10.3. The lowest BCUT2D eigenvalue weighted by Gasteiger charge is -2.33. The topological polar surface area (TPSA) is 61.2 Å². The Balaban J connectivity index is 0.000000994. The van der Waals surface area contributed by atoms with Crippen LogP contribution in [-0.4, -0.2) is 15.5 Å². The maximum absolute atomic E-state index is 13.2. The van der Waals surface area contributed by atoms with Crippen molar-refractivity contribution in [3.63, 3.8) is 0 Å². The summed E-state index contributed by atoms with van der Waals surface area (Å²) in [7, 11) is 0. The molecule has 3 aromatic rings. The van der Waals surface area contributed by atoms with Gasteiger partial charge in [-0.05, 0) is 43.5 Å². The summed E-state index contributed by atoms with van der Waals surface area (Å²) in [5.41, 5.74) is 5.33. The number of hydrogen-bond acceptors (Lipinski definition) is 4. The highest BCUT2D eigenvalue weighted by molar-refractivity contribution is 5.89. The first kappa shape index (κ1) is 19.4. The number of fused-ring (bicyclic) bond motifs is 5. The molecule has 1 aromatic carbocycles. The van der Waals surface area contributed by atoms with Crippen LogP contribution in [-0.2, 0) is 28.1 Å². The van der Waals surface area contributed by atoms with Crippen molar-refractivity contribution >= 4 is 16.9 Å². The van der Waals surface area contributed by atoms with Crippen LogP contribution < -0.4 is 5.56 Å². The van der Waals surface area contributed by atoms with Crippen LogP contribution in [0, 0.1) is 6.92 Å². The molecule has 0 fully saturated rings. The number of rotatable bonds is 1. The number of para-hydroxylation sites is 1. The maximum Gasteiger partial charge on any atom is 0.316 e. The van der Waals surface area contributed by atoms with E-state index in [-0.39, 0.29) is 18.1 Å². The average molecular weight is 390 g/mol. The number of ether oxygens (including phenoxy) is 1. The molecule has 0 bridgehead atoms. The van der Waals surface area contributed by atoms with E-state index in [1.807, 2.05) is 52.0 Å². The highest BCUT2D eigenvalue weighted by Crippen LogP contribution is 2.40. The second-order valence-electron chi connectivity index (χ2n) is 7.66. The average Bonchev–Trinajstić information content (AvgIpc) is 3.12. The molecule has 5 rings (SSSR count). The van der Waals surface area contributed by atoms with Gasteiger partial charge >= 0.3 is 5.97 Å². The molecule has 29 heavy (non-hydrogen) atoms. The van der Waals surface area contributed by atoms with Crippen molar-refractivity contribution in [2.24, 2.45) is 0 Å². The number of benzene rings is 1. The first-order chi connectivity index (χ1) is 14.0. The van der Waals surface area contributed by atoms with Gasteiger partial charge in [0.2, 0.25) is 0 Å². The fraction of sp³-hybridized carbons (Fsp3) is 0.375. The lowest BCUT2D eigenvalue weighted by molar-refractivity contribution is -0.153. The van der Waals surface area contributed by atoms with Crippen LogP contribution in [0.4, 0.5) is 0 Å². The zero-order valence-corrected chi connectivity index (χ0v) is 17.6. The van der Waals surface area contributed by atoms with Gasteiger partial charge in [0, 0.05) is 10.9 Å². The quantitative estimate of drug-likeness (QED) is 0.450. The molecule has 2 aliphatic rings. The number of hydrogen-bond donors (Lipinski definition) is 0. The predicted octanol–water partition coefficient (Wildman–Crippen LogP) is 4.48. The molecule has 0 aliphatic carbocycles. The van der Waals surface area contributed by atoms with Crippen LogP contribution in [0.5, 0.6) is 0 Å². The van der Waals surface area contributed by atoms with Gasteiger partial charge in [-0.25, -0.2) is 4.98 Å². The van der Waals surface area contributed by atoms with Gasteiger partial charge in [-0.3, -0.25) is 9.59 Å². The van der Waals surface area contributed by atoms with E-state index in [4.69, 9.17) is 9.72 Å². The lowest BCUT2D eigenvalue weighted by atomic mass is 9.76. The molecule has 2 aromatic heterocycles. The molecule has 0 saturated heterocycles. The number of aryl methyl sites for hydroxylation is 1. The van der Waals surface area contributed by atoms with Gasteiger partial charge in [-0.15, -0.1) is 0 Å². The van der Waals surface area contributed by atoms with Crippen molar-refractivity contribution in [2.75, 3.05) is 0 Å². The second-order valence-corrected chi connectivity index (χ2v) is 7.66. The number of nitrogens with zero attached hydrogens (tertiary/aromatic N) is 2. The van der Waals surface area contributed by atoms with Gasteiger partial charge in [0.25, 0.3) is 5.56 Å². The minimum absolute atomic E-state index is 0.0492. The van der Waals surface area contributed by atoms with Crippen LogP contribution >= 0.6 is 0 Å². The van der Waals surface area contributed by atoms with Gasteiger partial charge in [0.05, 0.1) is 34.4 Å². The Morgan fingerprint density at radius 1 is 1.17 bits per heavy atom. The summed E-state index contributed by atoms with van der Waals surface area (Å²) in [5, 5.41) is 1.11. The molecule has 5 nitrogen and oxygen atoms in total. The lowest BCUT2D eigenvalue weighted by Crippen LogP contribution is -2.42. The third-order valence-electron chi connectivity index (χ3n) is 6.34. The summed E-state index contributed by atoms with van der Waals surface area (Å²) in [6, 6.07) is 10.0. The number of pyridine rings is 2. The van der Waals surface area contributed by atoms with Gasteiger partial charge in [0.15, 0.2) is 0 Å². The molecular formula is C24H26N2O3. The van der Waals surface area contributed by atoms with E-state index in [2.05, 4.69) is 13.0 Å². The van der Waals surface area contributed by atoms with Crippen LogP contribution in [0.15, 0.2) is 35.1 Å². The monoisotopic (exact) mass is 390 g/mol. The van der Waals surface area contributed by atoms with E-state index in [1.54, 1.807) is 4.57 Å². The molecule has 2 aliphatic heterocycles. The SMILES string of the molecule is CC.CCC1(C)C(=O)OCc2c1cc1n(c2=O)Cc2c-1nc1ccccc1c2C. The van der Waals surface area contributed by atoms with Crippen molar-refractivity contribution in [1.29, 1.82) is 0 Å². The third-order valence-corrected chi connectivity index (χ3v) is 6.34. The standard InChI is InChI=1S/C22H20N2O3.C2H6/c1-4-22(3)16-9-18-19-14(12(2)13-7-5-6-8-17(13)23-19)10-24(18)20(25)15(16)11-27-21(22)26;1-2/h5-9H,4,10-11H2,1-3H3;1-2H3. The van der Waals surface area contributed by atoms with Crippen LogP contribution in [0.2, 0.25) is 0 Å². The molecular weight excluding hydrogens is 364 g/mol. The van der Waals surface area contributed by atoms with Crippen molar-refractivity contribution in [2.45, 2.75) is 59.6 Å². The van der Waals surface area contributed by atoms with Gasteiger partial charge in [0.1, 0.15) is 6.61 Å². The minimum Gasteiger partial charge on any atom is -0.460 e. The molecule has 1 atom stereocenters. The fourth-order valence-corrected chi connectivity index (χ4v) is 4.40. The normalized spacial score (nSPS) is 19.0. The Kier molecular flexibility index (Phi) is 4.56. The second kappa shape index (κ2) is 6.83. The van der Waals surface area contributed by atoms with Crippen molar-refractivity contribution in [3.8, 4) is 11.4 Å². The van der Waals surface area contributed by atoms with Gasteiger partial charge in [-0.2, -0.15) is 0 Å². The van der Waals surface area contributed by atoms with Crippen molar-refractivity contribution in [3.05, 3.63) is 62.9 Å². The van der Waals surface area contributed by atoms with Crippen LogP contribution in [0.1, 0.15) is 56.4 Å². The Hall–Kier alpha value is -2.95. The smallest absolute Gasteiger partial charge is 0.316 e. The highest BCUT2D eigenvalue weighted by atomic mass is 16.5. The third kappa shape index (κ3) is 2.56. The highest BCUT2D eigenvalue weighted by Gasteiger charge is 2.43. The molecule has 0 spiro atoms. The summed E-state index contributed by atoms with van der Waals surface area (Å²) in [4.78, 5) is 30.5. The zero-order valence-electron chi connectivity index (χ0n) is 17.6. The maximum atomic E-state index is 13.2. The minimum atomic E-state index is -0.795. The molecule has 5 heteroatoms. The summed E-state index contributed by atoms with van der Waals surface area (Å²) in [6.45, 7) is 10.5. The molecule has 0 N–H and O–H groups in total. The summed E-state index contributed by atoms with van der Waals surface area (Å²) in [5.74, 6) is -0.261. The Bertz CT molecular complexity index is 1210. The van der Waals surface area contributed by atoms with Gasteiger partial charge < -0.3 is 9.30 Å². The molecule has 0 amide bonds. The Morgan fingerprint density at radius 2 is 1.90 bits per heavy atom. The van der Waals surface area contributed by atoms with E-state index in [1.165, 1.54) is 0 Å². The number of cyclic esters (lactones) is 1. The first-order valence-corrected chi connectivity index (χ1v) is 10.3. The predicted molar refractivity (Wildman–Crippen MR) is 114 cm³/mol. The van der Waals surface area contributed by atoms with Gasteiger partial charge in [-0.1, -0.05) is 39.0 Å². The summed E-state index contributed by atoms with van der Waals surface area (Å²) < 4.78 is 7.12. The van der Waals surface area contributed by atoms with E-state index in [0.717, 1.165) is 39.0 Å². The molecule has 4 heterocycles. The largest absolute Gasteiger partial charge is 0.460 e. The molecule has 0 saturated carbocycles. The Morgan fingerprint density at radius 3 is 2.62 bits per heavy atom. The molecule has 1 unspecified atom stereocenters. The van der Waals surface area contributed by atoms with Crippen molar-refractivity contribution < 1.29 is 9.53 Å². The summed E-state index contributed by atoms with van der Waals surface area (Å²) in [6.07, 6.45) is 0.582. The fourth-order valence-electron chi connectivity index (χ4n) is 4.40. The van der Waals surface area contributed by atoms with Crippen LogP contribution in [0.3, 0.4) is 0 Å². The number of carbonyl (C=O) groups excluding carboxylic acids is 1.